The fourth-order valence-corrected chi connectivity index (χ4v) is 3.53. The van der Waals surface area contributed by atoms with Crippen LogP contribution in [0.15, 0.2) is 41.5 Å². The second-order valence-electron chi connectivity index (χ2n) is 5.77. The lowest BCUT2D eigenvalue weighted by atomic mass is 10.1. The Labute approximate surface area is 117 Å². The molecule has 4 rings (SSSR count). The van der Waals surface area contributed by atoms with Gasteiger partial charge >= 0.3 is 0 Å². The summed E-state index contributed by atoms with van der Waals surface area (Å²) in [4.78, 5) is 19.6. The SMILES string of the molecule is CC=CN1C[C@H]2[C@H](C)[C@H]2c2c1nc1ccccn1c2=O. The molecule has 20 heavy (non-hydrogen) atoms. The number of allylic oxidation sites excluding steroid dienone is 1. The molecule has 2 aromatic heterocycles. The van der Waals surface area contributed by atoms with E-state index in [1.165, 1.54) is 0 Å². The van der Waals surface area contributed by atoms with Crippen molar-refractivity contribution in [3.8, 4) is 0 Å². The molecule has 102 valence electrons. The quantitative estimate of drug-likeness (QED) is 0.796. The minimum absolute atomic E-state index is 0.0964. The molecule has 0 saturated heterocycles. The number of hydrogen-bond donors (Lipinski definition) is 0. The van der Waals surface area contributed by atoms with E-state index in [1.54, 1.807) is 4.40 Å². The molecule has 0 bridgehead atoms. The Morgan fingerprint density at radius 2 is 2.25 bits per heavy atom. The van der Waals surface area contributed by atoms with Gasteiger partial charge in [-0.1, -0.05) is 19.1 Å². The van der Waals surface area contributed by atoms with E-state index in [1.807, 2.05) is 43.6 Å². The van der Waals surface area contributed by atoms with Gasteiger partial charge in [0, 0.05) is 24.9 Å². The van der Waals surface area contributed by atoms with Crippen LogP contribution in [0.1, 0.15) is 25.3 Å². The molecule has 3 heterocycles. The molecule has 4 heteroatoms. The van der Waals surface area contributed by atoms with Crippen molar-refractivity contribution in [1.29, 1.82) is 0 Å². The zero-order valence-corrected chi connectivity index (χ0v) is 11.7. The van der Waals surface area contributed by atoms with E-state index in [0.29, 0.717) is 17.8 Å². The normalized spacial score (nSPS) is 27.7. The summed E-state index contributed by atoms with van der Waals surface area (Å²) in [5, 5.41) is 0. The van der Waals surface area contributed by atoms with E-state index < -0.39 is 0 Å². The number of fused-ring (bicyclic) bond motifs is 4. The van der Waals surface area contributed by atoms with Crippen molar-refractivity contribution >= 4 is 11.5 Å². The molecule has 1 aliphatic carbocycles. The highest BCUT2D eigenvalue weighted by atomic mass is 16.1. The van der Waals surface area contributed by atoms with Crippen molar-refractivity contribution in [3.05, 3.63) is 52.6 Å². The van der Waals surface area contributed by atoms with Gasteiger partial charge in [0.05, 0.1) is 5.56 Å². The third-order valence-corrected chi connectivity index (χ3v) is 4.65. The standard InChI is InChI=1S/C16H17N3O/c1-3-7-18-9-11-10(2)13(11)14-15(18)17-12-6-4-5-8-19(12)16(14)20/h3-8,10-11,13H,9H2,1-2H3/t10-,11-,13+/m0/s1. The van der Waals surface area contributed by atoms with Gasteiger partial charge in [0.15, 0.2) is 0 Å². The van der Waals surface area contributed by atoms with E-state index in [0.717, 1.165) is 23.6 Å². The summed E-state index contributed by atoms with van der Waals surface area (Å²) in [6.45, 7) is 5.20. The van der Waals surface area contributed by atoms with Gasteiger partial charge in [-0.2, -0.15) is 0 Å². The first-order valence-electron chi connectivity index (χ1n) is 7.13. The highest BCUT2D eigenvalue weighted by Gasteiger charge is 2.54. The van der Waals surface area contributed by atoms with Gasteiger partial charge in [-0.15, -0.1) is 0 Å². The maximum atomic E-state index is 12.8. The number of pyridine rings is 1. The van der Waals surface area contributed by atoms with Crippen LogP contribution < -0.4 is 10.5 Å². The van der Waals surface area contributed by atoms with Crippen molar-refractivity contribution < 1.29 is 0 Å². The van der Waals surface area contributed by atoms with E-state index in [4.69, 9.17) is 4.98 Å². The summed E-state index contributed by atoms with van der Waals surface area (Å²) in [5.74, 6) is 2.42. The van der Waals surface area contributed by atoms with Gasteiger partial charge in [0.25, 0.3) is 5.56 Å². The molecule has 1 saturated carbocycles. The fraction of sp³-hybridized carbons (Fsp3) is 0.375. The Hall–Kier alpha value is -2.10. The largest absolute Gasteiger partial charge is 0.333 e. The fourth-order valence-electron chi connectivity index (χ4n) is 3.53. The Morgan fingerprint density at radius 1 is 1.40 bits per heavy atom. The maximum Gasteiger partial charge on any atom is 0.263 e. The molecule has 0 radical (unpaired) electrons. The van der Waals surface area contributed by atoms with Gasteiger partial charge in [-0.25, -0.2) is 4.98 Å². The molecule has 4 nitrogen and oxygen atoms in total. The number of rotatable bonds is 1. The molecule has 0 amide bonds. The van der Waals surface area contributed by atoms with Gasteiger partial charge in [0.2, 0.25) is 0 Å². The molecule has 1 fully saturated rings. The average molecular weight is 267 g/mol. The first-order valence-corrected chi connectivity index (χ1v) is 7.13. The van der Waals surface area contributed by atoms with Crippen LogP contribution in [0.25, 0.3) is 5.65 Å². The molecule has 0 spiro atoms. The van der Waals surface area contributed by atoms with Crippen molar-refractivity contribution in [3.63, 3.8) is 0 Å². The highest BCUT2D eigenvalue weighted by Crippen LogP contribution is 2.57. The lowest BCUT2D eigenvalue weighted by Crippen LogP contribution is -2.31. The smallest absolute Gasteiger partial charge is 0.263 e. The van der Waals surface area contributed by atoms with Crippen LogP contribution in [-0.2, 0) is 0 Å². The zero-order valence-electron chi connectivity index (χ0n) is 11.7. The van der Waals surface area contributed by atoms with Crippen LogP contribution in [-0.4, -0.2) is 15.9 Å². The molecule has 2 aromatic rings. The summed E-state index contributed by atoms with van der Waals surface area (Å²) in [6.07, 6.45) is 5.85. The monoisotopic (exact) mass is 267 g/mol. The summed E-state index contributed by atoms with van der Waals surface area (Å²) >= 11 is 0. The Bertz CT molecular complexity index is 777. The summed E-state index contributed by atoms with van der Waals surface area (Å²) < 4.78 is 1.67. The van der Waals surface area contributed by atoms with Crippen LogP contribution in [0.4, 0.5) is 5.82 Å². The predicted molar refractivity (Wildman–Crippen MR) is 79.0 cm³/mol. The van der Waals surface area contributed by atoms with Gasteiger partial charge in [-0.3, -0.25) is 9.20 Å². The number of nitrogens with zero attached hydrogens (tertiary/aromatic N) is 3. The molecule has 1 aliphatic heterocycles. The Kier molecular flexibility index (Phi) is 2.31. The molecule has 0 N–H and O–H groups in total. The van der Waals surface area contributed by atoms with Crippen molar-refractivity contribution in [2.24, 2.45) is 11.8 Å². The van der Waals surface area contributed by atoms with Gasteiger partial charge in [-0.05, 0) is 30.9 Å². The minimum Gasteiger partial charge on any atom is -0.333 e. The first kappa shape index (κ1) is 11.7. The molecular weight excluding hydrogens is 250 g/mol. The van der Waals surface area contributed by atoms with Crippen LogP contribution >= 0.6 is 0 Å². The van der Waals surface area contributed by atoms with Crippen LogP contribution in [0.3, 0.4) is 0 Å². The maximum absolute atomic E-state index is 12.8. The van der Waals surface area contributed by atoms with Crippen molar-refractivity contribution in [2.45, 2.75) is 19.8 Å². The third-order valence-electron chi connectivity index (χ3n) is 4.65. The third kappa shape index (κ3) is 1.42. The van der Waals surface area contributed by atoms with Gasteiger partial charge < -0.3 is 4.90 Å². The van der Waals surface area contributed by atoms with E-state index >= 15 is 0 Å². The minimum atomic E-state index is 0.0964. The summed E-state index contributed by atoms with van der Waals surface area (Å²) in [7, 11) is 0. The Balaban J connectivity index is 2.04. The van der Waals surface area contributed by atoms with Crippen molar-refractivity contribution in [2.75, 3.05) is 11.4 Å². The van der Waals surface area contributed by atoms with Crippen molar-refractivity contribution in [1.82, 2.24) is 9.38 Å². The summed E-state index contributed by atoms with van der Waals surface area (Å²) in [6, 6.07) is 5.68. The number of aromatic nitrogens is 2. The number of hydrogen-bond acceptors (Lipinski definition) is 3. The molecule has 0 aromatic carbocycles. The lowest BCUT2D eigenvalue weighted by Gasteiger charge is -2.26. The second-order valence-corrected chi connectivity index (χ2v) is 5.77. The molecular formula is C16H17N3O. The lowest BCUT2D eigenvalue weighted by molar-refractivity contribution is 0.706. The average Bonchev–Trinajstić information content (AvgIpc) is 3.10. The second kappa shape index (κ2) is 3.95. The molecule has 3 atom stereocenters. The number of anilines is 1. The van der Waals surface area contributed by atoms with Crippen LogP contribution in [0, 0.1) is 11.8 Å². The van der Waals surface area contributed by atoms with E-state index in [9.17, 15) is 4.79 Å². The predicted octanol–water partition coefficient (Wildman–Crippen LogP) is 2.40. The zero-order chi connectivity index (χ0) is 13.9. The van der Waals surface area contributed by atoms with Gasteiger partial charge in [0.1, 0.15) is 11.5 Å². The van der Waals surface area contributed by atoms with E-state index in [2.05, 4.69) is 11.8 Å². The molecule has 2 aliphatic rings. The summed E-state index contributed by atoms with van der Waals surface area (Å²) in [5.41, 5.74) is 1.72. The van der Waals surface area contributed by atoms with Crippen LogP contribution in [0.5, 0.6) is 0 Å². The Morgan fingerprint density at radius 3 is 3.05 bits per heavy atom. The molecule has 0 unspecified atom stereocenters. The first-order chi connectivity index (χ1) is 9.72. The topological polar surface area (TPSA) is 37.6 Å². The highest BCUT2D eigenvalue weighted by molar-refractivity contribution is 5.60. The van der Waals surface area contributed by atoms with E-state index in [-0.39, 0.29) is 5.56 Å². The van der Waals surface area contributed by atoms with Crippen LogP contribution in [0.2, 0.25) is 0 Å².